The standard InChI is InChI=1S/C40H74NO7P/c1-6-8-10-12-14-16-18-20-22-24-26-28-30-32-35-45-37-39(38-47-49(43,44)46-36-34-41(3,4)5)48-40(42)33-31-29-27-25-23-21-19-17-15-13-11-9-7-2/h8,10,14,16-17,19-20,22,39H,6-7,9,11-13,15,18,21,23-38H2,1-5H3/p+1/b10-8-,16-14-,19-17-,22-20-. The van der Waals surface area contributed by atoms with Crippen molar-refractivity contribution in [3.05, 3.63) is 48.6 Å². The normalized spacial score (nSPS) is 14.5. The number of rotatable bonds is 35. The van der Waals surface area contributed by atoms with Gasteiger partial charge in [0.2, 0.25) is 0 Å². The Morgan fingerprint density at radius 3 is 1.80 bits per heavy atom. The van der Waals surface area contributed by atoms with Crippen LogP contribution >= 0.6 is 7.82 Å². The third kappa shape index (κ3) is 37.5. The van der Waals surface area contributed by atoms with Crippen molar-refractivity contribution >= 4 is 13.8 Å². The van der Waals surface area contributed by atoms with Crippen LogP contribution in [-0.4, -0.2) is 75.6 Å². The number of esters is 1. The number of unbranched alkanes of at least 4 members (excludes halogenated alkanes) is 13. The second-order valence-electron chi connectivity index (χ2n) is 13.9. The van der Waals surface area contributed by atoms with Gasteiger partial charge in [-0.05, 0) is 70.6 Å². The molecule has 0 aromatic heterocycles. The summed E-state index contributed by atoms with van der Waals surface area (Å²) < 4.78 is 34.8. The molecule has 0 saturated heterocycles. The molecule has 0 rings (SSSR count). The lowest BCUT2D eigenvalue weighted by Crippen LogP contribution is -2.37. The number of allylic oxidation sites excluding steroid dienone is 8. The first kappa shape index (κ1) is 47.5. The third-order valence-electron chi connectivity index (χ3n) is 7.87. The number of hydrogen-bond acceptors (Lipinski definition) is 6. The SMILES string of the molecule is CC/C=C\C/C=C\C/C=C\CCCCCCOCC(COP(=O)(O)OCC[N+](C)(C)C)OC(=O)CCCCCCC/C=C\CCCCCC. The molecule has 1 N–H and O–H groups in total. The van der Waals surface area contributed by atoms with E-state index in [9.17, 15) is 14.3 Å². The summed E-state index contributed by atoms with van der Waals surface area (Å²) in [5.74, 6) is -0.334. The van der Waals surface area contributed by atoms with Gasteiger partial charge in [-0.3, -0.25) is 13.8 Å². The molecule has 2 unspecified atom stereocenters. The van der Waals surface area contributed by atoms with Crippen LogP contribution < -0.4 is 0 Å². The highest BCUT2D eigenvalue weighted by Gasteiger charge is 2.26. The van der Waals surface area contributed by atoms with Crippen LogP contribution in [0.2, 0.25) is 0 Å². The van der Waals surface area contributed by atoms with E-state index in [0.29, 0.717) is 24.1 Å². The van der Waals surface area contributed by atoms with Crippen molar-refractivity contribution in [1.29, 1.82) is 0 Å². The minimum Gasteiger partial charge on any atom is -0.457 e. The van der Waals surface area contributed by atoms with Gasteiger partial charge in [-0.15, -0.1) is 0 Å². The molecule has 0 amide bonds. The number of hydrogen-bond donors (Lipinski definition) is 1. The number of likely N-dealkylation sites (N-methyl/N-ethyl adjacent to an activating group) is 1. The molecular formula is C40H75NO7P+. The molecule has 8 nitrogen and oxygen atoms in total. The van der Waals surface area contributed by atoms with E-state index >= 15 is 0 Å². The first-order chi connectivity index (χ1) is 23.6. The summed E-state index contributed by atoms with van der Waals surface area (Å²) in [5, 5.41) is 0. The van der Waals surface area contributed by atoms with Crippen molar-refractivity contribution in [2.24, 2.45) is 0 Å². The molecule has 286 valence electrons. The molecular weight excluding hydrogens is 637 g/mol. The van der Waals surface area contributed by atoms with E-state index in [1.807, 2.05) is 21.1 Å². The predicted octanol–water partition coefficient (Wildman–Crippen LogP) is 10.8. The number of phosphoric ester groups is 1. The second-order valence-corrected chi connectivity index (χ2v) is 15.4. The smallest absolute Gasteiger partial charge is 0.457 e. The summed E-state index contributed by atoms with van der Waals surface area (Å²) >= 11 is 0. The van der Waals surface area contributed by atoms with Crippen molar-refractivity contribution in [1.82, 2.24) is 0 Å². The van der Waals surface area contributed by atoms with Gasteiger partial charge in [-0.25, -0.2) is 4.57 Å². The molecule has 0 radical (unpaired) electrons. The van der Waals surface area contributed by atoms with Gasteiger partial charge < -0.3 is 18.9 Å². The van der Waals surface area contributed by atoms with Gasteiger partial charge in [0, 0.05) is 13.0 Å². The van der Waals surface area contributed by atoms with Crippen molar-refractivity contribution in [2.75, 3.05) is 54.1 Å². The summed E-state index contributed by atoms with van der Waals surface area (Å²) in [6.45, 7) is 5.41. The van der Waals surface area contributed by atoms with Crippen LogP contribution in [-0.2, 0) is 27.9 Å². The third-order valence-corrected chi connectivity index (χ3v) is 8.86. The highest BCUT2D eigenvalue weighted by molar-refractivity contribution is 7.47. The fourth-order valence-electron chi connectivity index (χ4n) is 4.85. The van der Waals surface area contributed by atoms with Gasteiger partial charge in [0.15, 0.2) is 0 Å². The Balaban J connectivity index is 4.36. The van der Waals surface area contributed by atoms with Crippen LogP contribution in [0, 0.1) is 0 Å². The van der Waals surface area contributed by atoms with Gasteiger partial charge in [0.05, 0.1) is 34.4 Å². The van der Waals surface area contributed by atoms with Crippen LogP contribution in [0.5, 0.6) is 0 Å². The van der Waals surface area contributed by atoms with Gasteiger partial charge >= 0.3 is 13.8 Å². The Labute approximate surface area is 301 Å². The van der Waals surface area contributed by atoms with Crippen LogP contribution in [0.1, 0.15) is 142 Å². The van der Waals surface area contributed by atoms with E-state index in [0.717, 1.165) is 83.5 Å². The average molecular weight is 713 g/mol. The maximum atomic E-state index is 12.6. The van der Waals surface area contributed by atoms with E-state index in [4.69, 9.17) is 18.5 Å². The van der Waals surface area contributed by atoms with Gasteiger partial charge in [0.1, 0.15) is 19.3 Å². The largest absolute Gasteiger partial charge is 0.472 e. The van der Waals surface area contributed by atoms with Crippen molar-refractivity contribution in [2.45, 2.75) is 148 Å². The molecule has 0 bridgehead atoms. The number of phosphoric acid groups is 1. The molecule has 0 fully saturated rings. The molecule has 0 saturated carbocycles. The number of nitrogens with zero attached hydrogens (tertiary/aromatic N) is 1. The fourth-order valence-corrected chi connectivity index (χ4v) is 5.59. The molecule has 0 aromatic carbocycles. The highest BCUT2D eigenvalue weighted by Crippen LogP contribution is 2.43. The quantitative estimate of drug-likeness (QED) is 0.0230. The summed E-state index contributed by atoms with van der Waals surface area (Å²) in [4.78, 5) is 22.8. The predicted molar refractivity (Wildman–Crippen MR) is 206 cm³/mol. The molecule has 0 aliphatic heterocycles. The zero-order chi connectivity index (χ0) is 36.3. The summed E-state index contributed by atoms with van der Waals surface area (Å²) in [7, 11) is 1.64. The Morgan fingerprint density at radius 2 is 1.18 bits per heavy atom. The molecule has 2 atom stereocenters. The van der Waals surface area contributed by atoms with Crippen LogP contribution in [0.3, 0.4) is 0 Å². The maximum absolute atomic E-state index is 12.6. The van der Waals surface area contributed by atoms with Crippen LogP contribution in [0.4, 0.5) is 0 Å². The zero-order valence-corrected chi connectivity index (χ0v) is 33.1. The van der Waals surface area contributed by atoms with E-state index in [2.05, 4.69) is 62.5 Å². The van der Waals surface area contributed by atoms with E-state index in [1.54, 1.807) is 0 Å². The topological polar surface area (TPSA) is 91.3 Å². The van der Waals surface area contributed by atoms with E-state index in [1.165, 1.54) is 38.5 Å². The monoisotopic (exact) mass is 713 g/mol. The molecule has 0 heterocycles. The van der Waals surface area contributed by atoms with E-state index < -0.39 is 13.9 Å². The number of ether oxygens (including phenoxy) is 2. The first-order valence-corrected chi connectivity index (χ1v) is 20.9. The highest BCUT2D eigenvalue weighted by atomic mass is 31.2. The number of quaternary nitrogens is 1. The van der Waals surface area contributed by atoms with Crippen LogP contribution in [0.25, 0.3) is 0 Å². The molecule has 9 heteroatoms. The second kappa shape index (κ2) is 33.6. The minimum absolute atomic E-state index is 0.0807. The Kier molecular flexibility index (Phi) is 32.5. The first-order valence-electron chi connectivity index (χ1n) is 19.4. The van der Waals surface area contributed by atoms with Gasteiger partial charge in [-0.2, -0.15) is 0 Å². The number of carbonyl (C=O) groups is 1. The minimum atomic E-state index is -4.28. The summed E-state index contributed by atoms with van der Waals surface area (Å²) in [6, 6.07) is 0. The molecule has 49 heavy (non-hydrogen) atoms. The molecule has 0 aliphatic rings. The maximum Gasteiger partial charge on any atom is 0.472 e. The van der Waals surface area contributed by atoms with Crippen molar-refractivity contribution in [3.63, 3.8) is 0 Å². The summed E-state index contributed by atoms with van der Waals surface area (Å²) in [6.07, 6.45) is 38.5. The van der Waals surface area contributed by atoms with E-state index in [-0.39, 0.29) is 25.8 Å². The lowest BCUT2D eigenvalue weighted by atomic mass is 10.1. The Hall–Kier alpha value is -1.54. The molecule has 0 aromatic rings. The molecule has 0 spiro atoms. The lowest BCUT2D eigenvalue weighted by Gasteiger charge is -2.24. The lowest BCUT2D eigenvalue weighted by molar-refractivity contribution is -0.870. The van der Waals surface area contributed by atoms with Crippen molar-refractivity contribution < 1.29 is 37.3 Å². The Bertz CT molecular complexity index is 926. The zero-order valence-electron chi connectivity index (χ0n) is 32.2. The van der Waals surface area contributed by atoms with Crippen LogP contribution in [0.15, 0.2) is 48.6 Å². The Morgan fingerprint density at radius 1 is 0.653 bits per heavy atom. The summed E-state index contributed by atoms with van der Waals surface area (Å²) in [5.41, 5.74) is 0. The van der Waals surface area contributed by atoms with Gasteiger partial charge in [-0.1, -0.05) is 114 Å². The fraction of sp³-hybridized carbons (Fsp3) is 0.775. The van der Waals surface area contributed by atoms with Crippen molar-refractivity contribution in [3.8, 4) is 0 Å². The number of carbonyl (C=O) groups excluding carboxylic acids is 1. The van der Waals surface area contributed by atoms with Gasteiger partial charge in [0.25, 0.3) is 0 Å². The molecule has 0 aliphatic carbocycles. The average Bonchev–Trinajstić information content (AvgIpc) is 3.04.